The molecule has 0 N–H and O–H groups in total. The summed E-state index contributed by atoms with van der Waals surface area (Å²) >= 11 is 0. The highest BCUT2D eigenvalue weighted by Crippen LogP contribution is 2.46. The van der Waals surface area contributed by atoms with Gasteiger partial charge in [-0.05, 0) is 140 Å². The predicted molar refractivity (Wildman–Crippen MR) is 263 cm³/mol. The Kier molecular flexibility index (Phi) is 9.13. The molecule has 0 nitrogen and oxygen atoms in total. The van der Waals surface area contributed by atoms with Gasteiger partial charge in [-0.15, -0.1) is 0 Å². The first kappa shape index (κ1) is 36.5. The van der Waals surface area contributed by atoms with Crippen molar-refractivity contribution in [1.82, 2.24) is 0 Å². The van der Waals surface area contributed by atoms with E-state index in [0.29, 0.717) is 5.92 Å². The van der Waals surface area contributed by atoms with E-state index in [1.807, 2.05) is 0 Å². The highest BCUT2D eigenvalue weighted by Gasteiger charge is 2.19. The standard InChI is InChI=1S/C61H44/c1-40(2)45-18-11-21-50(36-45)60-55-23-7-9-25-57(55)61(58-26-10-8-24-56(58)60)51-34-35-54(53-27-13-17-43-15-5-6-22-52(43)53)59(39-51)44-31-28-42(29-32-44)47-19-12-20-48(37-47)49-33-30-41-14-3-4-16-46(41)38-49/h3-40H,1-2H3. The van der Waals surface area contributed by atoms with Crippen LogP contribution in [0.4, 0.5) is 0 Å². The molecule has 0 aliphatic heterocycles. The lowest BCUT2D eigenvalue weighted by atomic mass is 9.83. The van der Waals surface area contributed by atoms with E-state index in [-0.39, 0.29) is 0 Å². The smallest absolute Gasteiger partial charge is 0.00261 e. The van der Waals surface area contributed by atoms with E-state index in [1.54, 1.807) is 0 Å². The van der Waals surface area contributed by atoms with Gasteiger partial charge in [0.2, 0.25) is 0 Å². The first-order valence-corrected chi connectivity index (χ1v) is 21.4. The SMILES string of the molecule is CC(C)c1cccc(-c2c3ccccc3c(-c3ccc(-c4cccc5ccccc45)c(-c4ccc(-c5cccc(-c6ccc7ccccc7c6)c5)cc4)c3)c3ccccc23)c1. The van der Waals surface area contributed by atoms with E-state index < -0.39 is 0 Å². The fourth-order valence-corrected chi connectivity index (χ4v) is 9.53. The van der Waals surface area contributed by atoms with Gasteiger partial charge in [-0.3, -0.25) is 0 Å². The summed E-state index contributed by atoms with van der Waals surface area (Å²) in [7, 11) is 0. The molecule has 11 aromatic rings. The van der Waals surface area contributed by atoms with Crippen LogP contribution >= 0.6 is 0 Å². The van der Waals surface area contributed by atoms with Crippen LogP contribution in [0.1, 0.15) is 25.3 Å². The molecule has 0 heteroatoms. The second kappa shape index (κ2) is 15.2. The molecule has 0 amide bonds. The summed E-state index contributed by atoms with van der Waals surface area (Å²) in [6.07, 6.45) is 0. The summed E-state index contributed by atoms with van der Waals surface area (Å²) in [5, 5.41) is 10.1. The number of benzene rings is 11. The third kappa shape index (κ3) is 6.58. The minimum Gasteiger partial charge on any atom is -0.0616 e. The minimum absolute atomic E-state index is 0.449. The summed E-state index contributed by atoms with van der Waals surface area (Å²) in [5.74, 6) is 0.449. The molecule has 0 saturated carbocycles. The minimum atomic E-state index is 0.449. The van der Waals surface area contributed by atoms with E-state index in [2.05, 4.69) is 238 Å². The van der Waals surface area contributed by atoms with Gasteiger partial charge in [0.05, 0.1) is 0 Å². The second-order valence-electron chi connectivity index (χ2n) is 16.6. The number of hydrogen-bond donors (Lipinski definition) is 0. The molecule has 61 heavy (non-hydrogen) atoms. The number of fused-ring (bicyclic) bond motifs is 4. The highest BCUT2D eigenvalue weighted by atomic mass is 14.2. The van der Waals surface area contributed by atoms with Crippen LogP contribution in [-0.4, -0.2) is 0 Å². The Labute approximate surface area is 358 Å². The number of hydrogen-bond acceptors (Lipinski definition) is 0. The van der Waals surface area contributed by atoms with Crippen molar-refractivity contribution in [3.05, 3.63) is 230 Å². The molecule has 0 unspecified atom stereocenters. The first-order chi connectivity index (χ1) is 30.1. The van der Waals surface area contributed by atoms with Gasteiger partial charge < -0.3 is 0 Å². The van der Waals surface area contributed by atoms with Crippen LogP contribution < -0.4 is 0 Å². The zero-order chi connectivity index (χ0) is 40.9. The Morgan fingerprint density at radius 1 is 0.246 bits per heavy atom. The van der Waals surface area contributed by atoms with Crippen LogP contribution in [-0.2, 0) is 0 Å². The monoisotopic (exact) mass is 776 g/mol. The van der Waals surface area contributed by atoms with Crippen molar-refractivity contribution in [3.63, 3.8) is 0 Å². The largest absolute Gasteiger partial charge is 0.0616 e. The average Bonchev–Trinajstić information content (AvgIpc) is 3.33. The molecule has 0 spiro atoms. The van der Waals surface area contributed by atoms with Crippen molar-refractivity contribution < 1.29 is 0 Å². The van der Waals surface area contributed by atoms with Crippen LogP contribution in [0.2, 0.25) is 0 Å². The molecule has 11 aromatic carbocycles. The molecule has 0 saturated heterocycles. The van der Waals surface area contributed by atoms with Gasteiger partial charge in [-0.25, -0.2) is 0 Å². The Balaban J connectivity index is 1.08. The third-order valence-corrected chi connectivity index (χ3v) is 12.6. The molecular formula is C61H44. The van der Waals surface area contributed by atoms with Crippen molar-refractivity contribution >= 4 is 43.1 Å². The van der Waals surface area contributed by atoms with Crippen molar-refractivity contribution in [1.29, 1.82) is 0 Å². The zero-order valence-electron chi connectivity index (χ0n) is 34.4. The lowest BCUT2D eigenvalue weighted by Crippen LogP contribution is -1.94. The van der Waals surface area contributed by atoms with E-state index in [0.717, 1.165) is 0 Å². The summed E-state index contributed by atoms with van der Waals surface area (Å²) in [6.45, 7) is 4.55. The molecule has 0 aliphatic rings. The maximum Gasteiger partial charge on any atom is -0.00261 e. The molecule has 0 aliphatic carbocycles. The van der Waals surface area contributed by atoms with E-state index in [4.69, 9.17) is 0 Å². The first-order valence-electron chi connectivity index (χ1n) is 21.4. The predicted octanol–water partition coefficient (Wildman–Crippen LogP) is 17.4. The van der Waals surface area contributed by atoms with Crippen LogP contribution in [0.25, 0.3) is 110 Å². The average molecular weight is 777 g/mol. The normalized spacial score (nSPS) is 11.6. The maximum absolute atomic E-state index is 2.44. The van der Waals surface area contributed by atoms with Gasteiger partial charge in [-0.1, -0.05) is 220 Å². The van der Waals surface area contributed by atoms with Crippen molar-refractivity contribution in [2.75, 3.05) is 0 Å². The fourth-order valence-electron chi connectivity index (χ4n) is 9.53. The van der Waals surface area contributed by atoms with E-state index in [1.165, 1.54) is 115 Å². The summed E-state index contributed by atoms with van der Waals surface area (Å²) in [5.41, 5.74) is 16.1. The zero-order valence-corrected chi connectivity index (χ0v) is 34.4. The fraction of sp³-hybridized carbons (Fsp3) is 0.0492. The summed E-state index contributed by atoms with van der Waals surface area (Å²) in [6, 6.07) is 83.2. The number of rotatable bonds is 7. The molecule has 0 radical (unpaired) electrons. The van der Waals surface area contributed by atoms with Gasteiger partial charge in [0.1, 0.15) is 0 Å². The van der Waals surface area contributed by atoms with Crippen molar-refractivity contribution in [2.45, 2.75) is 19.8 Å². The Bertz CT molecular complexity index is 3380. The van der Waals surface area contributed by atoms with Gasteiger partial charge in [0.15, 0.2) is 0 Å². The quantitative estimate of drug-likeness (QED) is 0.141. The topological polar surface area (TPSA) is 0 Å². The van der Waals surface area contributed by atoms with Gasteiger partial charge >= 0.3 is 0 Å². The second-order valence-corrected chi connectivity index (χ2v) is 16.6. The van der Waals surface area contributed by atoms with Crippen LogP contribution in [0.15, 0.2) is 224 Å². The molecule has 0 fully saturated rings. The van der Waals surface area contributed by atoms with E-state index >= 15 is 0 Å². The van der Waals surface area contributed by atoms with Crippen LogP contribution in [0.5, 0.6) is 0 Å². The lowest BCUT2D eigenvalue weighted by Gasteiger charge is -2.20. The Morgan fingerprint density at radius 2 is 0.721 bits per heavy atom. The van der Waals surface area contributed by atoms with Gasteiger partial charge in [0, 0.05) is 0 Å². The molecule has 0 heterocycles. The molecule has 288 valence electrons. The van der Waals surface area contributed by atoms with Gasteiger partial charge in [-0.2, -0.15) is 0 Å². The lowest BCUT2D eigenvalue weighted by molar-refractivity contribution is 0.867. The third-order valence-electron chi connectivity index (χ3n) is 12.6. The van der Waals surface area contributed by atoms with Gasteiger partial charge in [0.25, 0.3) is 0 Å². The molecular weight excluding hydrogens is 733 g/mol. The molecule has 0 aromatic heterocycles. The van der Waals surface area contributed by atoms with Crippen molar-refractivity contribution in [3.8, 4) is 66.8 Å². The van der Waals surface area contributed by atoms with Crippen LogP contribution in [0, 0.1) is 0 Å². The molecule has 11 rings (SSSR count). The molecule has 0 atom stereocenters. The van der Waals surface area contributed by atoms with Crippen molar-refractivity contribution in [2.24, 2.45) is 0 Å². The van der Waals surface area contributed by atoms with E-state index in [9.17, 15) is 0 Å². The Hall–Kier alpha value is -7.54. The maximum atomic E-state index is 2.44. The molecule has 0 bridgehead atoms. The highest BCUT2D eigenvalue weighted by molar-refractivity contribution is 6.21. The summed E-state index contributed by atoms with van der Waals surface area (Å²) in [4.78, 5) is 0. The Morgan fingerprint density at radius 3 is 1.41 bits per heavy atom. The summed E-state index contributed by atoms with van der Waals surface area (Å²) < 4.78 is 0. The van der Waals surface area contributed by atoms with Crippen LogP contribution in [0.3, 0.4) is 0 Å².